The highest BCUT2D eigenvalue weighted by Gasteiger charge is 1.76. The Morgan fingerprint density at radius 3 is 1.45 bits per heavy atom. The van der Waals surface area contributed by atoms with Gasteiger partial charge in [-0.15, -0.1) is 23.2 Å². The van der Waals surface area contributed by atoms with Crippen molar-refractivity contribution in [3.05, 3.63) is 0 Å². The Morgan fingerprint density at radius 2 is 1.27 bits per heavy atom. The molecule has 0 saturated heterocycles. The minimum absolute atomic E-state index is 0.557. The third-order valence-corrected chi connectivity index (χ3v) is 1.29. The number of hydrogen-bond acceptors (Lipinski definition) is 3. The summed E-state index contributed by atoms with van der Waals surface area (Å²) in [4.78, 5) is 0. The van der Waals surface area contributed by atoms with Gasteiger partial charge in [-0.3, -0.25) is 0 Å². The van der Waals surface area contributed by atoms with Crippen molar-refractivity contribution in [3.63, 3.8) is 0 Å². The van der Waals surface area contributed by atoms with E-state index in [4.69, 9.17) is 34.7 Å². The van der Waals surface area contributed by atoms with Crippen LogP contribution in [0.25, 0.3) is 0 Å². The maximum atomic E-state index is 5.17. The van der Waals surface area contributed by atoms with Crippen molar-refractivity contribution >= 4 is 23.2 Å². The second-order valence-corrected chi connectivity index (χ2v) is 2.46. The second-order valence-electron chi connectivity index (χ2n) is 1.71. The second kappa shape index (κ2) is 16.8. The first-order valence-corrected chi connectivity index (χ1v) is 4.63. The van der Waals surface area contributed by atoms with E-state index in [1.54, 1.807) is 0 Å². The van der Waals surface area contributed by atoms with Crippen molar-refractivity contribution in [2.24, 2.45) is 11.5 Å². The number of halogens is 2. The molecule has 3 nitrogen and oxygen atoms in total. The molecule has 0 unspecified atom stereocenters. The smallest absolute Gasteiger partial charge is 0.0359 e. The Hall–Kier alpha value is 0.460. The van der Waals surface area contributed by atoms with Crippen LogP contribution in [0.4, 0.5) is 0 Å². The van der Waals surface area contributed by atoms with E-state index in [2.05, 4.69) is 5.32 Å². The van der Waals surface area contributed by atoms with E-state index in [1.165, 1.54) is 0 Å². The van der Waals surface area contributed by atoms with Gasteiger partial charge in [-0.1, -0.05) is 0 Å². The van der Waals surface area contributed by atoms with Gasteiger partial charge < -0.3 is 16.8 Å². The maximum absolute atomic E-state index is 5.17. The summed E-state index contributed by atoms with van der Waals surface area (Å²) in [5.41, 5.74) is 10.3. The zero-order valence-electron chi connectivity index (χ0n) is 6.65. The first-order valence-electron chi connectivity index (χ1n) is 3.56. The van der Waals surface area contributed by atoms with Gasteiger partial charge in [-0.2, -0.15) is 0 Å². The molecule has 5 N–H and O–H groups in total. The van der Waals surface area contributed by atoms with Gasteiger partial charge in [0, 0.05) is 37.9 Å². The highest BCUT2D eigenvalue weighted by molar-refractivity contribution is 6.25. The fourth-order valence-electron chi connectivity index (χ4n) is 0.329. The Morgan fingerprint density at radius 1 is 0.909 bits per heavy atom. The molecular weight excluding hydrogens is 185 g/mol. The van der Waals surface area contributed by atoms with E-state index < -0.39 is 0 Å². The molecule has 0 aromatic heterocycles. The van der Waals surface area contributed by atoms with Gasteiger partial charge in [0.1, 0.15) is 0 Å². The van der Waals surface area contributed by atoms with Gasteiger partial charge >= 0.3 is 0 Å². The van der Waals surface area contributed by atoms with Gasteiger partial charge in [0.05, 0.1) is 0 Å². The van der Waals surface area contributed by atoms with Crippen LogP contribution < -0.4 is 16.8 Å². The molecule has 0 radical (unpaired) electrons. The van der Waals surface area contributed by atoms with Crippen molar-refractivity contribution in [1.82, 2.24) is 5.32 Å². The normalized spacial score (nSPS) is 8.73. The molecule has 0 aliphatic carbocycles. The van der Waals surface area contributed by atoms with Crippen LogP contribution in [0.15, 0.2) is 0 Å². The topological polar surface area (TPSA) is 64.1 Å². The average Bonchev–Trinajstić information content (AvgIpc) is 2.06. The standard InChI is InChI=1S/C4H13N3.C2H4Cl2/c5-1-3-7-4-2-6;3-1-2-4/h7H,1-6H2;1-2H2. The molecular formula is C6H17Cl2N3. The number of rotatable bonds is 5. The van der Waals surface area contributed by atoms with Crippen molar-refractivity contribution in [1.29, 1.82) is 0 Å². The van der Waals surface area contributed by atoms with Crippen molar-refractivity contribution in [2.45, 2.75) is 0 Å². The van der Waals surface area contributed by atoms with E-state index in [1.807, 2.05) is 0 Å². The third-order valence-electron chi connectivity index (χ3n) is 0.714. The summed E-state index contributed by atoms with van der Waals surface area (Å²) < 4.78 is 0. The fourth-order valence-corrected chi connectivity index (χ4v) is 0.329. The summed E-state index contributed by atoms with van der Waals surface area (Å²) in [5, 5.41) is 3.03. The molecule has 70 valence electrons. The molecule has 0 aliphatic heterocycles. The summed E-state index contributed by atoms with van der Waals surface area (Å²) in [6, 6.07) is 0. The molecule has 0 heterocycles. The van der Waals surface area contributed by atoms with Crippen LogP contribution in [0.3, 0.4) is 0 Å². The maximum Gasteiger partial charge on any atom is 0.0359 e. The number of nitrogens with one attached hydrogen (secondary N) is 1. The van der Waals surface area contributed by atoms with Crippen LogP contribution in [0.5, 0.6) is 0 Å². The SMILES string of the molecule is ClCCCl.NCCNCCN. The van der Waals surface area contributed by atoms with Gasteiger partial charge in [0.2, 0.25) is 0 Å². The van der Waals surface area contributed by atoms with Crippen LogP contribution >= 0.6 is 23.2 Å². The van der Waals surface area contributed by atoms with Crippen LogP contribution in [-0.2, 0) is 0 Å². The Kier molecular flexibility index (Phi) is 21.4. The van der Waals surface area contributed by atoms with E-state index in [-0.39, 0.29) is 0 Å². The summed E-state index contributed by atoms with van der Waals surface area (Å²) in [7, 11) is 0. The molecule has 0 atom stereocenters. The minimum atomic E-state index is 0.557. The molecule has 0 saturated carbocycles. The predicted molar refractivity (Wildman–Crippen MR) is 52.4 cm³/mol. The Bertz CT molecular complexity index is 49.1. The first kappa shape index (κ1) is 14.0. The molecule has 0 rings (SSSR count). The molecule has 0 fully saturated rings. The number of hydrogen-bond donors (Lipinski definition) is 3. The first-order chi connectivity index (χ1) is 5.33. The van der Waals surface area contributed by atoms with E-state index in [9.17, 15) is 0 Å². The lowest BCUT2D eigenvalue weighted by atomic mass is 10.6. The average molecular weight is 202 g/mol. The highest BCUT2D eigenvalue weighted by atomic mass is 35.5. The lowest BCUT2D eigenvalue weighted by Gasteiger charge is -1.95. The molecule has 0 aromatic rings. The number of nitrogens with two attached hydrogens (primary N) is 2. The van der Waals surface area contributed by atoms with Crippen LogP contribution in [-0.4, -0.2) is 37.9 Å². The molecule has 0 aliphatic rings. The zero-order valence-corrected chi connectivity index (χ0v) is 8.17. The highest BCUT2D eigenvalue weighted by Crippen LogP contribution is 1.75. The van der Waals surface area contributed by atoms with Crippen molar-refractivity contribution in [3.8, 4) is 0 Å². The van der Waals surface area contributed by atoms with Crippen LogP contribution in [0.2, 0.25) is 0 Å². The van der Waals surface area contributed by atoms with Crippen molar-refractivity contribution in [2.75, 3.05) is 37.9 Å². The van der Waals surface area contributed by atoms with E-state index >= 15 is 0 Å². The molecule has 0 bridgehead atoms. The van der Waals surface area contributed by atoms with E-state index in [0.29, 0.717) is 24.8 Å². The summed E-state index contributed by atoms with van der Waals surface area (Å²) in [6.07, 6.45) is 0. The van der Waals surface area contributed by atoms with Crippen molar-refractivity contribution < 1.29 is 0 Å². The Labute approximate surface area is 78.4 Å². The summed E-state index contributed by atoms with van der Waals surface area (Å²) >= 11 is 10.1. The molecule has 0 aromatic carbocycles. The van der Waals surface area contributed by atoms with Gasteiger partial charge in [0.15, 0.2) is 0 Å². The van der Waals surface area contributed by atoms with Gasteiger partial charge in [0.25, 0.3) is 0 Å². The predicted octanol–water partition coefficient (Wildman–Crippen LogP) is -0.0426. The van der Waals surface area contributed by atoms with Crippen LogP contribution in [0, 0.1) is 0 Å². The zero-order chi connectivity index (χ0) is 8.95. The fraction of sp³-hybridized carbons (Fsp3) is 1.00. The monoisotopic (exact) mass is 201 g/mol. The summed E-state index contributed by atoms with van der Waals surface area (Å²) in [5.74, 6) is 1.11. The Balaban J connectivity index is 0. The van der Waals surface area contributed by atoms with Gasteiger partial charge in [-0.05, 0) is 0 Å². The minimum Gasteiger partial charge on any atom is -0.329 e. The molecule has 11 heavy (non-hydrogen) atoms. The molecule has 0 amide bonds. The largest absolute Gasteiger partial charge is 0.329 e. The molecule has 0 spiro atoms. The van der Waals surface area contributed by atoms with Crippen LogP contribution in [0.1, 0.15) is 0 Å². The van der Waals surface area contributed by atoms with E-state index in [0.717, 1.165) is 13.1 Å². The third kappa shape index (κ3) is 25.1. The molecule has 5 heteroatoms. The summed E-state index contributed by atoms with van der Waals surface area (Å²) in [6.45, 7) is 3.13. The lowest BCUT2D eigenvalue weighted by Crippen LogP contribution is -2.27. The quantitative estimate of drug-likeness (QED) is 0.433. The lowest BCUT2D eigenvalue weighted by molar-refractivity contribution is 0.696. The number of alkyl halides is 2. The van der Waals surface area contributed by atoms with Gasteiger partial charge in [-0.25, -0.2) is 0 Å².